The van der Waals surface area contributed by atoms with Crippen LogP contribution in [0.2, 0.25) is 0 Å². The maximum absolute atomic E-state index is 13.2. The normalized spacial score (nSPS) is 12.7. The first-order chi connectivity index (χ1) is 9.67. The quantitative estimate of drug-likeness (QED) is 0.374. The maximum atomic E-state index is 13.2. The fraction of sp³-hybridized carbons (Fsp3) is 0.389. The van der Waals surface area contributed by atoms with Crippen molar-refractivity contribution in [1.82, 2.24) is 0 Å². The van der Waals surface area contributed by atoms with Gasteiger partial charge in [0.15, 0.2) is 0 Å². The fourth-order valence-corrected chi connectivity index (χ4v) is 1.86. The van der Waals surface area contributed by atoms with Gasteiger partial charge in [-0.3, -0.25) is 4.99 Å². The zero-order valence-corrected chi connectivity index (χ0v) is 12.7. The Morgan fingerprint density at radius 3 is 2.80 bits per heavy atom. The Balaban J connectivity index is 2.57. The number of hydrogen-bond donors (Lipinski definition) is 0. The second kappa shape index (κ2) is 9.24. The molecule has 1 nitrogen and oxygen atoms in total. The minimum atomic E-state index is -0.144. The van der Waals surface area contributed by atoms with E-state index in [0.717, 1.165) is 24.9 Å². The molecule has 0 unspecified atom stereocenters. The first-order valence-electron chi connectivity index (χ1n) is 7.24. The number of halogens is 1. The molecule has 108 valence electrons. The van der Waals surface area contributed by atoms with Crippen molar-refractivity contribution in [2.45, 2.75) is 40.0 Å². The SMILES string of the molecule is C/C=C(/C=C\C=N/CCCC)Cc1ccc(F)c(C)c1. The van der Waals surface area contributed by atoms with E-state index in [-0.39, 0.29) is 5.82 Å². The second-order valence-electron chi connectivity index (χ2n) is 4.89. The van der Waals surface area contributed by atoms with E-state index in [1.807, 2.05) is 31.3 Å². The highest BCUT2D eigenvalue weighted by Crippen LogP contribution is 2.13. The number of benzene rings is 1. The summed E-state index contributed by atoms with van der Waals surface area (Å²) in [5.41, 5.74) is 3.03. The van der Waals surface area contributed by atoms with Crippen molar-refractivity contribution in [3.63, 3.8) is 0 Å². The number of hydrogen-bond acceptors (Lipinski definition) is 1. The largest absolute Gasteiger partial charge is 0.293 e. The van der Waals surface area contributed by atoms with Crippen molar-refractivity contribution >= 4 is 6.21 Å². The van der Waals surface area contributed by atoms with Crippen LogP contribution in [0.4, 0.5) is 4.39 Å². The first-order valence-corrected chi connectivity index (χ1v) is 7.24. The molecule has 0 saturated heterocycles. The Morgan fingerprint density at radius 2 is 2.15 bits per heavy atom. The smallest absolute Gasteiger partial charge is 0.126 e. The number of nitrogens with zero attached hydrogens (tertiary/aromatic N) is 1. The van der Waals surface area contributed by atoms with Crippen LogP contribution in [0.1, 0.15) is 37.8 Å². The van der Waals surface area contributed by atoms with Gasteiger partial charge in [0.05, 0.1) is 0 Å². The van der Waals surface area contributed by atoms with Crippen LogP contribution >= 0.6 is 0 Å². The van der Waals surface area contributed by atoms with Crippen molar-refractivity contribution in [2.75, 3.05) is 6.54 Å². The molecule has 20 heavy (non-hydrogen) atoms. The lowest BCUT2D eigenvalue weighted by Gasteiger charge is -2.04. The number of aliphatic imine (C=N–C) groups is 1. The van der Waals surface area contributed by atoms with Gasteiger partial charge in [0.1, 0.15) is 5.82 Å². The molecule has 0 aliphatic rings. The molecule has 1 aromatic rings. The van der Waals surface area contributed by atoms with Crippen molar-refractivity contribution < 1.29 is 4.39 Å². The molecule has 0 spiro atoms. The van der Waals surface area contributed by atoms with Crippen molar-refractivity contribution in [2.24, 2.45) is 4.99 Å². The van der Waals surface area contributed by atoms with Crippen molar-refractivity contribution in [3.05, 3.63) is 58.9 Å². The Labute approximate surface area is 121 Å². The number of allylic oxidation sites excluding steroid dienone is 4. The average Bonchev–Trinajstić information content (AvgIpc) is 2.45. The molecule has 0 atom stereocenters. The summed E-state index contributed by atoms with van der Waals surface area (Å²) in [7, 11) is 0. The summed E-state index contributed by atoms with van der Waals surface area (Å²) in [6.07, 6.45) is 11.1. The van der Waals surface area contributed by atoms with Crippen LogP contribution in [0.5, 0.6) is 0 Å². The Kier molecular flexibility index (Phi) is 7.56. The summed E-state index contributed by atoms with van der Waals surface area (Å²) in [6.45, 7) is 6.87. The summed E-state index contributed by atoms with van der Waals surface area (Å²) in [6, 6.07) is 5.28. The van der Waals surface area contributed by atoms with E-state index >= 15 is 0 Å². The molecule has 0 aliphatic carbocycles. The Hall–Kier alpha value is -1.70. The highest BCUT2D eigenvalue weighted by molar-refractivity contribution is 5.71. The van der Waals surface area contributed by atoms with Crippen molar-refractivity contribution in [1.29, 1.82) is 0 Å². The van der Waals surface area contributed by atoms with Crippen molar-refractivity contribution in [3.8, 4) is 0 Å². The zero-order valence-electron chi connectivity index (χ0n) is 12.7. The molecule has 0 fully saturated rings. The Bertz CT molecular complexity index is 498. The first kappa shape index (κ1) is 16.4. The minimum absolute atomic E-state index is 0.144. The van der Waals surface area contributed by atoms with Gasteiger partial charge < -0.3 is 0 Å². The molecular weight excluding hydrogens is 249 g/mol. The summed E-state index contributed by atoms with van der Waals surface area (Å²) in [4.78, 5) is 4.31. The van der Waals surface area contributed by atoms with Crippen LogP contribution in [-0.2, 0) is 6.42 Å². The van der Waals surface area contributed by atoms with Gasteiger partial charge in [-0.15, -0.1) is 0 Å². The molecule has 1 aromatic carbocycles. The third-order valence-electron chi connectivity index (χ3n) is 3.14. The van der Waals surface area contributed by atoms with Crippen LogP contribution in [0.15, 0.2) is 47.0 Å². The predicted octanol–water partition coefficient (Wildman–Crippen LogP) is 5.05. The molecule has 2 heteroatoms. The van der Waals surface area contributed by atoms with E-state index in [9.17, 15) is 4.39 Å². The lowest BCUT2D eigenvalue weighted by atomic mass is 10.0. The molecule has 0 saturated carbocycles. The molecule has 0 aromatic heterocycles. The topological polar surface area (TPSA) is 12.4 Å². The summed E-state index contributed by atoms with van der Waals surface area (Å²) in [5, 5.41) is 0. The van der Waals surface area contributed by atoms with Crippen LogP contribution in [0, 0.1) is 12.7 Å². The van der Waals surface area contributed by atoms with Crippen LogP contribution in [-0.4, -0.2) is 12.8 Å². The van der Waals surface area contributed by atoms with Gasteiger partial charge in [0, 0.05) is 12.8 Å². The predicted molar refractivity (Wildman–Crippen MR) is 86.0 cm³/mol. The average molecular weight is 273 g/mol. The standard InChI is InChI=1S/C18H24FN/c1-4-6-11-20-12-7-8-16(5-2)14-17-9-10-18(19)15(3)13-17/h5,7-10,12-13H,4,6,11,14H2,1-3H3/b8-7-,16-5-,20-12-. The van der Waals surface area contributed by atoms with Gasteiger partial charge in [0.25, 0.3) is 0 Å². The van der Waals surface area contributed by atoms with Crippen LogP contribution in [0.3, 0.4) is 0 Å². The highest BCUT2D eigenvalue weighted by Gasteiger charge is 2.00. The molecule has 0 aliphatic heterocycles. The van der Waals surface area contributed by atoms with E-state index in [1.54, 1.807) is 6.92 Å². The van der Waals surface area contributed by atoms with Gasteiger partial charge in [0.2, 0.25) is 0 Å². The van der Waals surface area contributed by atoms with E-state index < -0.39 is 0 Å². The summed E-state index contributed by atoms with van der Waals surface area (Å²) < 4.78 is 13.2. The summed E-state index contributed by atoms with van der Waals surface area (Å²) >= 11 is 0. The highest BCUT2D eigenvalue weighted by atomic mass is 19.1. The molecule has 0 heterocycles. The van der Waals surface area contributed by atoms with Crippen LogP contribution < -0.4 is 0 Å². The lowest BCUT2D eigenvalue weighted by molar-refractivity contribution is 0.618. The number of unbranched alkanes of at least 4 members (excludes halogenated alkanes) is 1. The third kappa shape index (κ3) is 5.96. The maximum Gasteiger partial charge on any atom is 0.126 e. The molecule has 0 N–H and O–H groups in total. The number of aryl methyl sites for hydroxylation is 1. The molecular formula is C18H24FN. The lowest BCUT2D eigenvalue weighted by Crippen LogP contribution is -1.91. The Morgan fingerprint density at radius 1 is 1.35 bits per heavy atom. The third-order valence-corrected chi connectivity index (χ3v) is 3.14. The van der Waals surface area contributed by atoms with Gasteiger partial charge >= 0.3 is 0 Å². The van der Waals surface area contributed by atoms with E-state index in [1.165, 1.54) is 18.1 Å². The summed E-state index contributed by atoms with van der Waals surface area (Å²) in [5.74, 6) is -0.144. The van der Waals surface area contributed by atoms with Gasteiger partial charge in [-0.05, 0) is 55.5 Å². The second-order valence-corrected chi connectivity index (χ2v) is 4.89. The molecule has 0 amide bonds. The van der Waals surface area contributed by atoms with Gasteiger partial charge in [-0.1, -0.05) is 37.6 Å². The molecule has 0 bridgehead atoms. The zero-order chi connectivity index (χ0) is 14.8. The van der Waals surface area contributed by atoms with E-state index in [4.69, 9.17) is 0 Å². The van der Waals surface area contributed by atoms with E-state index in [0.29, 0.717) is 5.56 Å². The van der Waals surface area contributed by atoms with Gasteiger partial charge in [-0.25, -0.2) is 4.39 Å². The van der Waals surface area contributed by atoms with Crippen LogP contribution in [0.25, 0.3) is 0 Å². The monoisotopic (exact) mass is 273 g/mol. The minimum Gasteiger partial charge on any atom is -0.293 e. The van der Waals surface area contributed by atoms with E-state index in [2.05, 4.69) is 24.1 Å². The molecule has 1 rings (SSSR count). The van der Waals surface area contributed by atoms with Gasteiger partial charge in [-0.2, -0.15) is 0 Å². The molecule has 0 radical (unpaired) electrons. The number of rotatable bonds is 7. The fourth-order valence-electron chi connectivity index (χ4n) is 1.86.